The van der Waals surface area contributed by atoms with Crippen LogP contribution >= 0.6 is 0 Å². The summed E-state index contributed by atoms with van der Waals surface area (Å²) in [5.41, 5.74) is 4.51. The minimum Gasteiger partial charge on any atom is -0.308 e. The summed E-state index contributed by atoms with van der Waals surface area (Å²) in [7, 11) is 0. The predicted octanol–water partition coefficient (Wildman–Crippen LogP) is 3.91. The van der Waals surface area contributed by atoms with E-state index >= 15 is 0 Å². The van der Waals surface area contributed by atoms with E-state index in [4.69, 9.17) is 0 Å². The summed E-state index contributed by atoms with van der Waals surface area (Å²) in [6.07, 6.45) is 3.81. The summed E-state index contributed by atoms with van der Waals surface area (Å²) in [6.45, 7) is 6.80. The molecule has 128 valence electrons. The second kappa shape index (κ2) is 5.99. The number of hydrogen-bond donors (Lipinski definition) is 0. The SMILES string of the molecule is Cc1nc2c(cnn2C(C)C)cc1C(=O)N1CCCc2ccccc21. The van der Waals surface area contributed by atoms with Crippen molar-refractivity contribution in [1.29, 1.82) is 0 Å². The Bertz CT molecular complexity index is 957. The van der Waals surface area contributed by atoms with Crippen LogP contribution in [0.5, 0.6) is 0 Å². The molecule has 1 aromatic carbocycles. The summed E-state index contributed by atoms with van der Waals surface area (Å²) < 4.78 is 1.90. The van der Waals surface area contributed by atoms with E-state index in [1.807, 2.05) is 40.8 Å². The number of aromatic nitrogens is 3. The first kappa shape index (κ1) is 15.8. The minimum atomic E-state index is 0.0244. The van der Waals surface area contributed by atoms with Gasteiger partial charge in [0.25, 0.3) is 5.91 Å². The lowest BCUT2D eigenvalue weighted by atomic mass is 10.0. The first-order valence-electron chi connectivity index (χ1n) is 8.81. The molecule has 0 spiro atoms. The van der Waals surface area contributed by atoms with Crippen LogP contribution in [0.25, 0.3) is 11.0 Å². The van der Waals surface area contributed by atoms with Gasteiger partial charge in [0.1, 0.15) is 0 Å². The van der Waals surface area contributed by atoms with Crippen molar-refractivity contribution in [1.82, 2.24) is 14.8 Å². The Morgan fingerprint density at radius 1 is 1.24 bits per heavy atom. The average molecular weight is 334 g/mol. The number of pyridine rings is 1. The first-order valence-corrected chi connectivity index (χ1v) is 8.81. The molecule has 0 bridgehead atoms. The Hall–Kier alpha value is -2.69. The lowest BCUT2D eigenvalue weighted by molar-refractivity contribution is 0.0984. The van der Waals surface area contributed by atoms with Gasteiger partial charge in [-0.05, 0) is 51.3 Å². The van der Waals surface area contributed by atoms with E-state index in [1.54, 1.807) is 6.20 Å². The fourth-order valence-electron chi connectivity index (χ4n) is 3.55. The molecule has 0 radical (unpaired) electrons. The van der Waals surface area contributed by atoms with Crippen molar-refractivity contribution in [3.63, 3.8) is 0 Å². The molecule has 3 aromatic rings. The quantitative estimate of drug-likeness (QED) is 0.714. The number of nitrogens with zero attached hydrogens (tertiary/aromatic N) is 4. The molecule has 0 aliphatic carbocycles. The Balaban J connectivity index is 1.78. The maximum absolute atomic E-state index is 13.2. The second-order valence-corrected chi connectivity index (χ2v) is 6.91. The summed E-state index contributed by atoms with van der Waals surface area (Å²) in [4.78, 5) is 19.8. The maximum Gasteiger partial charge on any atom is 0.260 e. The normalized spacial score (nSPS) is 14.2. The molecule has 4 rings (SSSR count). The molecule has 0 atom stereocenters. The molecule has 5 heteroatoms. The summed E-state index contributed by atoms with van der Waals surface area (Å²) in [5.74, 6) is 0.0244. The molecule has 2 aromatic heterocycles. The lowest BCUT2D eigenvalue weighted by Crippen LogP contribution is -2.36. The molecular weight excluding hydrogens is 312 g/mol. The number of amides is 1. The smallest absolute Gasteiger partial charge is 0.260 e. The van der Waals surface area contributed by atoms with Crippen LogP contribution in [0.3, 0.4) is 0 Å². The van der Waals surface area contributed by atoms with Gasteiger partial charge >= 0.3 is 0 Å². The molecule has 25 heavy (non-hydrogen) atoms. The molecule has 1 aliphatic heterocycles. The Kier molecular flexibility index (Phi) is 3.79. The zero-order valence-corrected chi connectivity index (χ0v) is 14.9. The van der Waals surface area contributed by atoms with Gasteiger partial charge in [-0.25, -0.2) is 9.67 Å². The van der Waals surface area contributed by atoms with Gasteiger partial charge < -0.3 is 4.90 Å². The Morgan fingerprint density at radius 2 is 2.04 bits per heavy atom. The third kappa shape index (κ3) is 2.60. The van der Waals surface area contributed by atoms with Gasteiger partial charge in [0, 0.05) is 23.7 Å². The van der Waals surface area contributed by atoms with Crippen LogP contribution in [0.4, 0.5) is 5.69 Å². The van der Waals surface area contributed by atoms with E-state index < -0.39 is 0 Å². The van der Waals surface area contributed by atoms with Crippen molar-refractivity contribution < 1.29 is 4.79 Å². The van der Waals surface area contributed by atoms with Crippen molar-refractivity contribution in [2.24, 2.45) is 0 Å². The first-order chi connectivity index (χ1) is 12.1. The fraction of sp³-hybridized carbons (Fsp3) is 0.350. The Morgan fingerprint density at radius 3 is 2.84 bits per heavy atom. The number of rotatable bonds is 2. The molecular formula is C20H22N4O. The number of anilines is 1. The van der Waals surface area contributed by atoms with Gasteiger partial charge in [0.15, 0.2) is 5.65 Å². The Labute approximate surface area is 147 Å². The monoisotopic (exact) mass is 334 g/mol. The maximum atomic E-state index is 13.2. The highest BCUT2D eigenvalue weighted by Gasteiger charge is 2.25. The number of para-hydroxylation sites is 1. The largest absolute Gasteiger partial charge is 0.308 e. The fourth-order valence-corrected chi connectivity index (χ4v) is 3.55. The standard InChI is InChI=1S/C20H22N4O/c1-13(2)24-19-16(12-21-24)11-17(14(3)22-19)20(25)23-10-6-8-15-7-4-5-9-18(15)23/h4-5,7,9,11-13H,6,8,10H2,1-3H3. The zero-order valence-electron chi connectivity index (χ0n) is 14.9. The molecule has 1 aliphatic rings. The van der Waals surface area contributed by atoms with Gasteiger partial charge in [0.05, 0.1) is 17.5 Å². The lowest BCUT2D eigenvalue weighted by Gasteiger charge is -2.29. The van der Waals surface area contributed by atoms with Gasteiger partial charge in [0.2, 0.25) is 0 Å². The third-order valence-electron chi connectivity index (χ3n) is 4.83. The molecule has 0 saturated heterocycles. The van der Waals surface area contributed by atoms with Gasteiger partial charge in [-0.2, -0.15) is 5.10 Å². The molecule has 0 saturated carbocycles. The van der Waals surface area contributed by atoms with Crippen molar-refractivity contribution in [3.05, 3.63) is 53.3 Å². The van der Waals surface area contributed by atoms with Crippen LogP contribution in [0, 0.1) is 6.92 Å². The van der Waals surface area contributed by atoms with Crippen LogP contribution in [-0.2, 0) is 6.42 Å². The van der Waals surface area contributed by atoms with Gasteiger partial charge in [-0.3, -0.25) is 4.79 Å². The topological polar surface area (TPSA) is 51.0 Å². The number of fused-ring (bicyclic) bond motifs is 2. The van der Waals surface area contributed by atoms with Gasteiger partial charge in [-0.1, -0.05) is 18.2 Å². The summed E-state index contributed by atoms with van der Waals surface area (Å²) in [6, 6.07) is 10.3. The average Bonchev–Trinajstić information content (AvgIpc) is 3.03. The van der Waals surface area contributed by atoms with Crippen molar-refractivity contribution in [2.75, 3.05) is 11.4 Å². The number of benzene rings is 1. The molecule has 0 unspecified atom stereocenters. The molecule has 0 fully saturated rings. The second-order valence-electron chi connectivity index (χ2n) is 6.91. The van der Waals surface area contributed by atoms with E-state index in [0.29, 0.717) is 5.56 Å². The highest BCUT2D eigenvalue weighted by Crippen LogP contribution is 2.29. The predicted molar refractivity (Wildman–Crippen MR) is 99.1 cm³/mol. The number of hydrogen-bond acceptors (Lipinski definition) is 3. The highest BCUT2D eigenvalue weighted by molar-refractivity contribution is 6.08. The molecule has 5 nitrogen and oxygen atoms in total. The van der Waals surface area contributed by atoms with Crippen molar-refractivity contribution in [3.8, 4) is 0 Å². The third-order valence-corrected chi connectivity index (χ3v) is 4.83. The zero-order chi connectivity index (χ0) is 17.6. The van der Waals surface area contributed by atoms with Crippen molar-refractivity contribution >= 4 is 22.6 Å². The number of carbonyl (C=O) groups excluding carboxylic acids is 1. The number of aryl methyl sites for hydroxylation is 2. The van der Waals surface area contributed by atoms with Crippen LogP contribution in [0.15, 0.2) is 36.5 Å². The molecule has 0 N–H and O–H groups in total. The summed E-state index contributed by atoms with van der Waals surface area (Å²) in [5, 5.41) is 5.32. The van der Waals surface area contributed by atoms with E-state index in [1.165, 1.54) is 5.56 Å². The van der Waals surface area contributed by atoms with Crippen LogP contribution in [0.1, 0.15) is 47.9 Å². The minimum absolute atomic E-state index is 0.0244. The van der Waals surface area contributed by atoms with Gasteiger partial charge in [-0.15, -0.1) is 0 Å². The van der Waals surface area contributed by atoms with E-state index in [9.17, 15) is 4.79 Å². The number of carbonyl (C=O) groups is 1. The van der Waals surface area contributed by atoms with E-state index in [0.717, 1.165) is 41.8 Å². The van der Waals surface area contributed by atoms with Crippen LogP contribution in [0.2, 0.25) is 0 Å². The van der Waals surface area contributed by atoms with Crippen molar-refractivity contribution in [2.45, 2.75) is 39.7 Å². The van der Waals surface area contributed by atoms with Crippen LogP contribution in [-0.4, -0.2) is 27.2 Å². The van der Waals surface area contributed by atoms with E-state index in [-0.39, 0.29) is 11.9 Å². The van der Waals surface area contributed by atoms with Crippen LogP contribution < -0.4 is 4.90 Å². The highest BCUT2D eigenvalue weighted by atomic mass is 16.2. The van der Waals surface area contributed by atoms with E-state index in [2.05, 4.69) is 30.0 Å². The molecule has 3 heterocycles. The molecule has 1 amide bonds. The summed E-state index contributed by atoms with van der Waals surface area (Å²) >= 11 is 0.